The highest BCUT2D eigenvalue weighted by molar-refractivity contribution is 4.86. The molecule has 1 aliphatic rings. The van der Waals surface area contributed by atoms with E-state index in [9.17, 15) is 0 Å². The summed E-state index contributed by atoms with van der Waals surface area (Å²) in [7, 11) is 0. The van der Waals surface area contributed by atoms with Crippen LogP contribution in [-0.4, -0.2) is 117 Å². The lowest BCUT2D eigenvalue weighted by Gasteiger charge is -2.42. The molecular weight excluding hydrogens is 504 g/mol. The molecule has 0 spiro atoms. The van der Waals surface area contributed by atoms with Crippen molar-refractivity contribution in [3.8, 4) is 0 Å². The topological polar surface area (TPSA) is 94.1 Å². The maximum Gasteiger partial charge on any atom is 0.0704 e. The first-order valence-corrected chi connectivity index (χ1v) is 15.0. The van der Waals surface area contributed by atoms with E-state index in [1.165, 1.54) is 32.1 Å². The third-order valence-electron chi connectivity index (χ3n) is 6.81. The van der Waals surface area contributed by atoms with Gasteiger partial charge in [-0.3, -0.25) is 0 Å². The van der Waals surface area contributed by atoms with Crippen LogP contribution >= 0.6 is 0 Å². The number of ether oxygens (including phenoxy) is 8. The molecule has 9 nitrogen and oxygen atoms in total. The Morgan fingerprint density at radius 3 is 1.15 bits per heavy atom. The van der Waals surface area contributed by atoms with Gasteiger partial charge in [-0.2, -0.15) is 0 Å². The molecule has 1 N–H and O–H groups in total. The number of aliphatic hydroxyl groups is 1. The maximum absolute atomic E-state index is 8.58. The first-order valence-electron chi connectivity index (χ1n) is 15.0. The third-order valence-corrected chi connectivity index (χ3v) is 6.81. The van der Waals surface area contributed by atoms with Crippen LogP contribution in [-0.2, 0) is 37.9 Å². The molecule has 0 saturated heterocycles. The Labute approximate surface area is 238 Å². The second-order valence-electron chi connectivity index (χ2n) is 12.1. The molecule has 0 aromatic rings. The van der Waals surface area contributed by atoms with E-state index < -0.39 is 0 Å². The molecule has 0 heterocycles. The molecule has 1 aliphatic carbocycles. The van der Waals surface area contributed by atoms with Gasteiger partial charge in [0.25, 0.3) is 0 Å². The summed E-state index contributed by atoms with van der Waals surface area (Å²) < 4.78 is 44.1. The van der Waals surface area contributed by atoms with E-state index in [4.69, 9.17) is 43.0 Å². The molecule has 1 saturated carbocycles. The van der Waals surface area contributed by atoms with Crippen LogP contribution in [0.5, 0.6) is 0 Å². The average Bonchev–Trinajstić information content (AvgIpc) is 2.88. The number of rotatable bonds is 26. The van der Waals surface area contributed by atoms with Crippen molar-refractivity contribution in [1.29, 1.82) is 0 Å². The molecule has 0 amide bonds. The molecule has 0 radical (unpaired) electrons. The molecule has 0 atom stereocenters. The van der Waals surface area contributed by atoms with Crippen molar-refractivity contribution in [1.82, 2.24) is 0 Å². The summed E-state index contributed by atoms with van der Waals surface area (Å²) >= 11 is 0. The summed E-state index contributed by atoms with van der Waals surface area (Å²) in [5, 5.41) is 8.58. The highest BCUT2D eigenvalue weighted by atomic mass is 16.6. The van der Waals surface area contributed by atoms with E-state index in [0.29, 0.717) is 116 Å². The van der Waals surface area contributed by atoms with E-state index in [1.807, 2.05) is 0 Å². The molecule has 0 aliphatic heterocycles. The Kier molecular flexibility index (Phi) is 21.8. The standard InChI is InChI=1S/C30H60O9/c1-29(2,3)26-30(4,5)27-6-8-28(9-7-27)39-25-24-38-23-22-37-21-20-36-19-18-35-17-16-34-15-14-33-13-12-32-11-10-31/h27-28,31H,6-26H2,1-5H3. The Balaban J connectivity index is 1.77. The van der Waals surface area contributed by atoms with Crippen molar-refractivity contribution in [3.63, 3.8) is 0 Å². The van der Waals surface area contributed by atoms with Gasteiger partial charge in [-0.25, -0.2) is 0 Å². The minimum Gasteiger partial charge on any atom is -0.394 e. The predicted octanol–water partition coefficient (Wildman–Crippen LogP) is 4.13. The highest BCUT2D eigenvalue weighted by Gasteiger charge is 2.36. The lowest BCUT2D eigenvalue weighted by atomic mass is 9.64. The van der Waals surface area contributed by atoms with Crippen LogP contribution in [0, 0.1) is 16.7 Å². The van der Waals surface area contributed by atoms with E-state index >= 15 is 0 Å². The quantitative estimate of drug-likeness (QED) is 0.156. The lowest BCUT2D eigenvalue weighted by Crippen LogP contribution is -2.34. The van der Waals surface area contributed by atoms with Gasteiger partial charge >= 0.3 is 0 Å². The Bertz CT molecular complexity index is 531. The van der Waals surface area contributed by atoms with E-state index in [0.717, 1.165) is 5.92 Å². The second kappa shape index (κ2) is 23.2. The van der Waals surface area contributed by atoms with Crippen LogP contribution in [0.2, 0.25) is 0 Å². The molecule has 0 bridgehead atoms. The van der Waals surface area contributed by atoms with Gasteiger partial charge in [-0.15, -0.1) is 0 Å². The van der Waals surface area contributed by atoms with Crippen LogP contribution in [0.4, 0.5) is 0 Å². The van der Waals surface area contributed by atoms with E-state index in [2.05, 4.69) is 34.6 Å². The fourth-order valence-corrected chi connectivity index (χ4v) is 5.28. The molecule has 1 fully saturated rings. The summed E-state index contributed by atoms with van der Waals surface area (Å²) in [4.78, 5) is 0. The number of hydrogen-bond acceptors (Lipinski definition) is 9. The van der Waals surface area contributed by atoms with Crippen molar-refractivity contribution >= 4 is 0 Å². The zero-order valence-electron chi connectivity index (χ0n) is 25.7. The van der Waals surface area contributed by atoms with Crippen molar-refractivity contribution in [3.05, 3.63) is 0 Å². The SMILES string of the molecule is CC(C)(C)CC(C)(C)C1CCC(OCCOCCOCCOCCOCCOCCOCCOCCO)CC1. The summed E-state index contributed by atoms with van der Waals surface area (Å²) in [6, 6.07) is 0. The average molecular weight is 565 g/mol. The van der Waals surface area contributed by atoms with Crippen LogP contribution in [0.25, 0.3) is 0 Å². The Morgan fingerprint density at radius 1 is 0.487 bits per heavy atom. The summed E-state index contributed by atoms with van der Waals surface area (Å²) in [6.45, 7) is 19.9. The summed E-state index contributed by atoms with van der Waals surface area (Å²) in [5.74, 6) is 0.799. The first-order chi connectivity index (χ1) is 18.7. The largest absolute Gasteiger partial charge is 0.394 e. The predicted molar refractivity (Wildman–Crippen MR) is 152 cm³/mol. The molecule has 234 valence electrons. The smallest absolute Gasteiger partial charge is 0.0704 e. The third kappa shape index (κ3) is 22.0. The Morgan fingerprint density at radius 2 is 0.821 bits per heavy atom. The van der Waals surface area contributed by atoms with Gasteiger partial charge in [0, 0.05) is 0 Å². The molecule has 9 heteroatoms. The molecule has 0 aromatic heterocycles. The first kappa shape index (κ1) is 36.7. The second-order valence-corrected chi connectivity index (χ2v) is 12.1. The number of hydrogen-bond donors (Lipinski definition) is 1. The van der Waals surface area contributed by atoms with Crippen LogP contribution in [0.15, 0.2) is 0 Å². The molecular formula is C30H60O9. The van der Waals surface area contributed by atoms with Gasteiger partial charge in [0.2, 0.25) is 0 Å². The molecule has 1 rings (SSSR count). The van der Waals surface area contributed by atoms with Gasteiger partial charge in [-0.1, -0.05) is 34.6 Å². The lowest BCUT2D eigenvalue weighted by molar-refractivity contribution is -0.0414. The van der Waals surface area contributed by atoms with E-state index in [-0.39, 0.29) is 6.61 Å². The fourth-order valence-electron chi connectivity index (χ4n) is 5.28. The summed E-state index contributed by atoms with van der Waals surface area (Å²) in [6.07, 6.45) is 6.53. The zero-order valence-corrected chi connectivity index (χ0v) is 25.7. The molecule has 39 heavy (non-hydrogen) atoms. The van der Waals surface area contributed by atoms with Crippen LogP contribution < -0.4 is 0 Å². The Hall–Kier alpha value is -0.360. The minimum atomic E-state index is 0.0340. The van der Waals surface area contributed by atoms with Crippen LogP contribution in [0.3, 0.4) is 0 Å². The summed E-state index contributed by atoms with van der Waals surface area (Å²) in [5.41, 5.74) is 0.780. The van der Waals surface area contributed by atoms with Gasteiger partial charge in [-0.05, 0) is 48.9 Å². The zero-order chi connectivity index (χ0) is 28.7. The normalized spacial score (nSPS) is 18.6. The minimum absolute atomic E-state index is 0.0340. The van der Waals surface area contributed by atoms with Gasteiger partial charge < -0.3 is 43.0 Å². The van der Waals surface area contributed by atoms with Gasteiger partial charge in [0.05, 0.1) is 112 Å². The molecule has 0 unspecified atom stereocenters. The van der Waals surface area contributed by atoms with Crippen molar-refractivity contribution in [2.45, 2.75) is 72.8 Å². The van der Waals surface area contributed by atoms with Crippen molar-refractivity contribution in [2.75, 3.05) is 106 Å². The van der Waals surface area contributed by atoms with E-state index in [1.54, 1.807) is 0 Å². The van der Waals surface area contributed by atoms with Gasteiger partial charge in [0.15, 0.2) is 0 Å². The number of aliphatic hydroxyl groups excluding tert-OH is 1. The van der Waals surface area contributed by atoms with Crippen molar-refractivity contribution < 1.29 is 43.0 Å². The van der Waals surface area contributed by atoms with Gasteiger partial charge in [0.1, 0.15) is 0 Å². The van der Waals surface area contributed by atoms with Crippen LogP contribution in [0.1, 0.15) is 66.7 Å². The fraction of sp³-hybridized carbons (Fsp3) is 1.00. The highest BCUT2D eigenvalue weighted by Crippen LogP contribution is 2.45. The van der Waals surface area contributed by atoms with Crippen molar-refractivity contribution in [2.24, 2.45) is 16.7 Å². The maximum atomic E-state index is 8.58. The monoisotopic (exact) mass is 564 g/mol. The molecule has 0 aromatic carbocycles.